The van der Waals surface area contributed by atoms with Gasteiger partial charge < -0.3 is 9.64 Å². The molecular weight excluding hydrogens is 185 g/mol. The highest BCUT2D eigenvalue weighted by atomic mass is 19.1. The zero-order chi connectivity index (χ0) is 10.6. The van der Waals surface area contributed by atoms with Gasteiger partial charge in [0, 0.05) is 25.9 Å². The summed E-state index contributed by atoms with van der Waals surface area (Å²) in [7, 11) is 0. The molecule has 14 heavy (non-hydrogen) atoms. The van der Waals surface area contributed by atoms with Gasteiger partial charge in [0.25, 0.3) is 0 Å². The van der Waals surface area contributed by atoms with Crippen molar-refractivity contribution < 1.29 is 13.9 Å². The largest absolute Gasteiger partial charge is 0.464 e. The number of rotatable bonds is 3. The number of halogens is 1. The van der Waals surface area contributed by atoms with Gasteiger partial charge >= 0.3 is 5.97 Å². The molecule has 0 amide bonds. The van der Waals surface area contributed by atoms with E-state index in [0.717, 1.165) is 6.54 Å². The molecule has 82 valence electrons. The average Bonchev–Trinajstić information content (AvgIpc) is 2.19. The van der Waals surface area contributed by atoms with Crippen LogP contribution in [-0.2, 0) is 9.53 Å². The highest BCUT2D eigenvalue weighted by Gasteiger charge is 2.42. The molecule has 3 nitrogen and oxygen atoms in total. The molecule has 0 aliphatic carbocycles. The van der Waals surface area contributed by atoms with E-state index in [1.165, 1.54) is 0 Å². The quantitative estimate of drug-likeness (QED) is 0.649. The molecule has 1 heterocycles. The van der Waals surface area contributed by atoms with E-state index in [1.807, 2.05) is 6.92 Å². The molecular formula is C10H18FNO2. The second-order valence-electron chi connectivity index (χ2n) is 3.62. The molecule has 1 fully saturated rings. The Kier molecular flexibility index (Phi) is 3.86. The minimum absolute atomic E-state index is 0.252. The second-order valence-corrected chi connectivity index (χ2v) is 3.62. The zero-order valence-corrected chi connectivity index (χ0v) is 8.88. The molecule has 0 spiro atoms. The van der Waals surface area contributed by atoms with Crippen molar-refractivity contribution in [3.8, 4) is 0 Å². The summed E-state index contributed by atoms with van der Waals surface area (Å²) in [6, 6.07) is 0. The average molecular weight is 203 g/mol. The molecule has 4 heteroatoms. The smallest absolute Gasteiger partial charge is 0.343 e. The lowest BCUT2D eigenvalue weighted by molar-refractivity contribution is -0.160. The van der Waals surface area contributed by atoms with Crippen molar-refractivity contribution in [2.24, 2.45) is 0 Å². The fourth-order valence-electron chi connectivity index (χ4n) is 1.69. The number of nitrogens with zero attached hydrogens (tertiary/aromatic N) is 1. The first-order valence-corrected chi connectivity index (χ1v) is 5.21. The molecule has 1 rings (SSSR count). The number of piperidine rings is 1. The van der Waals surface area contributed by atoms with Crippen LogP contribution in [0, 0.1) is 0 Å². The number of carbonyl (C=O) groups excluding carboxylic acids is 1. The van der Waals surface area contributed by atoms with Crippen LogP contribution >= 0.6 is 0 Å². The van der Waals surface area contributed by atoms with Gasteiger partial charge in [-0.05, 0) is 13.5 Å². The molecule has 0 saturated carbocycles. The Morgan fingerprint density at radius 3 is 2.43 bits per heavy atom. The summed E-state index contributed by atoms with van der Waals surface area (Å²) in [4.78, 5) is 13.4. The molecule has 1 aliphatic rings. The van der Waals surface area contributed by atoms with E-state index < -0.39 is 11.6 Å². The van der Waals surface area contributed by atoms with Gasteiger partial charge in [0.2, 0.25) is 5.67 Å². The Morgan fingerprint density at radius 1 is 1.43 bits per heavy atom. The van der Waals surface area contributed by atoms with Crippen molar-refractivity contribution in [1.29, 1.82) is 0 Å². The molecule has 0 bridgehead atoms. The molecule has 0 N–H and O–H groups in total. The van der Waals surface area contributed by atoms with E-state index in [1.54, 1.807) is 6.92 Å². The first-order valence-electron chi connectivity index (χ1n) is 5.21. The van der Waals surface area contributed by atoms with Crippen LogP contribution in [0.25, 0.3) is 0 Å². The summed E-state index contributed by atoms with van der Waals surface area (Å²) in [5.41, 5.74) is -1.73. The van der Waals surface area contributed by atoms with Crippen LogP contribution in [0.3, 0.4) is 0 Å². The van der Waals surface area contributed by atoms with Crippen molar-refractivity contribution in [2.75, 3.05) is 26.2 Å². The lowest BCUT2D eigenvalue weighted by Gasteiger charge is -2.33. The number of alkyl halides is 1. The van der Waals surface area contributed by atoms with Crippen molar-refractivity contribution in [3.63, 3.8) is 0 Å². The third-order valence-electron chi connectivity index (χ3n) is 2.74. The van der Waals surface area contributed by atoms with Gasteiger partial charge in [-0.1, -0.05) is 6.92 Å². The molecule has 0 radical (unpaired) electrons. The first-order chi connectivity index (χ1) is 6.62. The minimum Gasteiger partial charge on any atom is -0.464 e. The standard InChI is InChI=1S/C10H18FNO2/c1-3-12-7-5-10(11,6-8-12)9(13)14-4-2/h3-8H2,1-2H3. The van der Waals surface area contributed by atoms with E-state index in [2.05, 4.69) is 4.90 Å². The predicted octanol–water partition coefficient (Wildman–Crippen LogP) is 1.37. The SMILES string of the molecule is CCOC(=O)C1(F)CCN(CC)CC1. The monoisotopic (exact) mass is 203 g/mol. The van der Waals surface area contributed by atoms with Gasteiger partial charge in [0.1, 0.15) is 0 Å². The molecule has 0 aromatic heterocycles. The zero-order valence-electron chi connectivity index (χ0n) is 8.88. The number of likely N-dealkylation sites (tertiary alicyclic amines) is 1. The van der Waals surface area contributed by atoms with Gasteiger partial charge in [-0.15, -0.1) is 0 Å². The van der Waals surface area contributed by atoms with E-state index in [-0.39, 0.29) is 19.4 Å². The van der Waals surface area contributed by atoms with Crippen LogP contribution in [0.2, 0.25) is 0 Å². The van der Waals surface area contributed by atoms with E-state index in [4.69, 9.17) is 4.74 Å². The number of hydrogen-bond acceptors (Lipinski definition) is 3. The van der Waals surface area contributed by atoms with Gasteiger partial charge in [-0.25, -0.2) is 9.18 Å². The van der Waals surface area contributed by atoms with Gasteiger partial charge in [0.15, 0.2) is 0 Å². The lowest BCUT2D eigenvalue weighted by Crippen LogP contribution is -2.47. The number of hydrogen-bond donors (Lipinski definition) is 0. The molecule has 1 saturated heterocycles. The maximum atomic E-state index is 14.0. The van der Waals surface area contributed by atoms with Crippen LogP contribution in [0.5, 0.6) is 0 Å². The van der Waals surface area contributed by atoms with Crippen LogP contribution in [0.15, 0.2) is 0 Å². The molecule has 0 aromatic carbocycles. The summed E-state index contributed by atoms with van der Waals surface area (Å²) in [5, 5.41) is 0. The summed E-state index contributed by atoms with van der Waals surface area (Å²) >= 11 is 0. The van der Waals surface area contributed by atoms with E-state index in [0.29, 0.717) is 13.1 Å². The number of esters is 1. The first kappa shape index (κ1) is 11.4. The Bertz CT molecular complexity index is 200. The summed E-state index contributed by atoms with van der Waals surface area (Å²) < 4.78 is 18.7. The van der Waals surface area contributed by atoms with Crippen molar-refractivity contribution >= 4 is 5.97 Å². The van der Waals surface area contributed by atoms with Gasteiger partial charge in [-0.2, -0.15) is 0 Å². The molecule has 1 aliphatic heterocycles. The van der Waals surface area contributed by atoms with Crippen LogP contribution in [-0.4, -0.2) is 42.8 Å². The highest BCUT2D eigenvalue weighted by molar-refractivity contribution is 5.79. The molecule has 0 unspecified atom stereocenters. The maximum Gasteiger partial charge on any atom is 0.343 e. The third kappa shape index (κ3) is 2.44. The Hall–Kier alpha value is -0.640. The normalized spacial score (nSPS) is 21.9. The Labute approximate surface area is 84.2 Å². The van der Waals surface area contributed by atoms with Crippen LogP contribution < -0.4 is 0 Å². The molecule has 0 atom stereocenters. The number of ether oxygens (including phenoxy) is 1. The van der Waals surface area contributed by atoms with E-state index in [9.17, 15) is 9.18 Å². The third-order valence-corrected chi connectivity index (χ3v) is 2.74. The van der Waals surface area contributed by atoms with Crippen molar-refractivity contribution in [3.05, 3.63) is 0 Å². The van der Waals surface area contributed by atoms with E-state index >= 15 is 0 Å². The number of carbonyl (C=O) groups is 1. The Balaban J connectivity index is 2.48. The molecule has 0 aromatic rings. The summed E-state index contributed by atoms with van der Waals surface area (Å²) in [5.74, 6) is -0.684. The summed E-state index contributed by atoms with van der Waals surface area (Å²) in [6.45, 7) is 6.19. The van der Waals surface area contributed by atoms with Gasteiger partial charge in [-0.3, -0.25) is 0 Å². The van der Waals surface area contributed by atoms with Crippen molar-refractivity contribution in [1.82, 2.24) is 4.90 Å². The topological polar surface area (TPSA) is 29.5 Å². The summed E-state index contributed by atoms with van der Waals surface area (Å²) in [6.07, 6.45) is 0.527. The fourth-order valence-corrected chi connectivity index (χ4v) is 1.69. The van der Waals surface area contributed by atoms with Crippen LogP contribution in [0.4, 0.5) is 4.39 Å². The van der Waals surface area contributed by atoms with Crippen LogP contribution in [0.1, 0.15) is 26.7 Å². The highest BCUT2D eigenvalue weighted by Crippen LogP contribution is 2.27. The fraction of sp³-hybridized carbons (Fsp3) is 0.900. The van der Waals surface area contributed by atoms with Crippen molar-refractivity contribution in [2.45, 2.75) is 32.4 Å². The second kappa shape index (κ2) is 4.73. The minimum atomic E-state index is -1.73. The van der Waals surface area contributed by atoms with Gasteiger partial charge in [0.05, 0.1) is 6.61 Å². The Morgan fingerprint density at radius 2 is 2.00 bits per heavy atom. The lowest BCUT2D eigenvalue weighted by atomic mass is 9.93. The maximum absolute atomic E-state index is 14.0. The predicted molar refractivity (Wildman–Crippen MR) is 51.8 cm³/mol.